The molecule has 0 spiro atoms. The fourth-order valence-corrected chi connectivity index (χ4v) is 2.97. The summed E-state index contributed by atoms with van der Waals surface area (Å²) in [4.78, 5) is 26.0. The van der Waals surface area contributed by atoms with Crippen LogP contribution in [-0.4, -0.2) is 42.5 Å². The van der Waals surface area contributed by atoms with Gasteiger partial charge in [-0.3, -0.25) is 9.59 Å². The Morgan fingerprint density at radius 1 is 1.15 bits per heavy atom. The lowest BCUT2D eigenvalue weighted by atomic mass is 10.1. The molecule has 0 saturated carbocycles. The number of likely N-dealkylation sites (tertiary alicyclic amines) is 1. The van der Waals surface area contributed by atoms with Gasteiger partial charge >= 0.3 is 0 Å². The second kappa shape index (κ2) is 9.83. The largest absolute Gasteiger partial charge is 0.492 e. The zero-order valence-electron chi connectivity index (χ0n) is 15.0. The number of ether oxygens (including phenoxy) is 1. The number of nitrogen functional groups attached to an aromatic ring is 1. The standard InChI is InChI=1S/C20H23N3O3.ClH/c21-16-8-6-15(7-9-16)12-19(24)22-17-13-20(25)23(14-17)10-11-26-18-4-2-1-3-5-18;/h1-9,17H,10-14,21H2,(H,22,24);1H. The van der Waals surface area contributed by atoms with Gasteiger partial charge in [0, 0.05) is 18.7 Å². The Kier molecular flexibility index (Phi) is 7.49. The van der Waals surface area contributed by atoms with Crippen molar-refractivity contribution in [1.29, 1.82) is 0 Å². The smallest absolute Gasteiger partial charge is 0.224 e. The minimum atomic E-state index is -0.152. The second-order valence-corrected chi connectivity index (χ2v) is 6.39. The Hall–Kier alpha value is -2.73. The maximum absolute atomic E-state index is 12.2. The van der Waals surface area contributed by atoms with Crippen LogP contribution in [0.4, 0.5) is 5.69 Å². The van der Waals surface area contributed by atoms with Gasteiger partial charge in [-0.2, -0.15) is 0 Å². The molecule has 6 nitrogen and oxygen atoms in total. The molecule has 144 valence electrons. The second-order valence-electron chi connectivity index (χ2n) is 6.39. The fourth-order valence-electron chi connectivity index (χ4n) is 2.97. The van der Waals surface area contributed by atoms with E-state index in [1.807, 2.05) is 42.5 Å². The Bertz CT molecular complexity index is 753. The number of hydrogen-bond donors (Lipinski definition) is 2. The maximum atomic E-state index is 12.2. The molecule has 1 atom stereocenters. The van der Waals surface area contributed by atoms with Gasteiger partial charge in [-0.05, 0) is 29.8 Å². The van der Waals surface area contributed by atoms with Gasteiger partial charge in [0.1, 0.15) is 12.4 Å². The van der Waals surface area contributed by atoms with Crippen molar-refractivity contribution >= 4 is 29.9 Å². The van der Waals surface area contributed by atoms with E-state index in [4.69, 9.17) is 10.5 Å². The van der Waals surface area contributed by atoms with Gasteiger partial charge in [-0.15, -0.1) is 12.4 Å². The fraction of sp³-hybridized carbons (Fsp3) is 0.300. The number of carbonyl (C=O) groups excluding carboxylic acids is 2. The highest BCUT2D eigenvalue weighted by atomic mass is 35.5. The van der Waals surface area contributed by atoms with Crippen molar-refractivity contribution in [3.63, 3.8) is 0 Å². The van der Waals surface area contributed by atoms with Crippen LogP contribution in [-0.2, 0) is 16.0 Å². The Morgan fingerprint density at radius 2 is 1.85 bits per heavy atom. The molecule has 7 heteroatoms. The minimum Gasteiger partial charge on any atom is -0.492 e. The predicted octanol–water partition coefficient (Wildman–Crippen LogP) is 2.03. The first kappa shape index (κ1) is 20.6. The third kappa shape index (κ3) is 6.18. The number of nitrogens with zero attached hydrogens (tertiary/aromatic N) is 1. The summed E-state index contributed by atoms with van der Waals surface area (Å²) < 4.78 is 5.63. The highest BCUT2D eigenvalue weighted by Gasteiger charge is 2.30. The zero-order valence-corrected chi connectivity index (χ0v) is 15.8. The molecule has 1 saturated heterocycles. The predicted molar refractivity (Wildman–Crippen MR) is 107 cm³/mol. The van der Waals surface area contributed by atoms with Gasteiger partial charge in [-0.25, -0.2) is 0 Å². The van der Waals surface area contributed by atoms with Gasteiger partial charge in [0.2, 0.25) is 11.8 Å². The molecule has 0 aromatic heterocycles. The van der Waals surface area contributed by atoms with Crippen LogP contribution in [0.5, 0.6) is 5.75 Å². The third-order valence-electron chi connectivity index (χ3n) is 4.30. The maximum Gasteiger partial charge on any atom is 0.224 e. The number of para-hydroxylation sites is 1. The molecule has 1 unspecified atom stereocenters. The van der Waals surface area contributed by atoms with E-state index in [1.165, 1.54) is 0 Å². The zero-order chi connectivity index (χ0) is 18.4. The quantitative estimate of drug-likeness (QED) is 0.709. The van der Waals surface area contributed by atoms with Crippen LogP contribution in [0.25, 0.3) is 0 Å². The van der Waals surface area contributed by atoms with E-state index in [2.05, 4.69) is 5.32 Å². The van der Waals surface area contributed by atoms with Crippen LogP contribution >= 0.6 is 12.4 Å². The van der Waals surface area contributed by atoms with Crippen LogP contribution < -0.4 is 15.8 Å². The number of halogens is 1. The molecule has 1 heterocycles. The van der Waals surface area contributed by atoms with E-state index in [1.54, 1.807) is 17.0 Å². The number of anilines is 1. The number of hydrogen-bond acceptors (Lipinski definition) is 4. The molecule has 1 aliphatic rings. The topological polar surface area (TPSA) is 84.7 Å². The van der Waals surface area contributed by atoms with Crippen molar-refractivity contribution < 1.29 is 14.3 Å². The molecular formula is C20H24ClN3O3. The van der Waals surface area contributed by atoms with Crippen molar-refractivity contribution in [3.05, 3.63) is 60.2 Å². The molecule has 27 heavy (non-hydrogen) atoms. The molecule has 1 fully saturated rings. The Labute approximate surface area is 165 Å². The molecule has 0 aliphatic carbocycles. The lowest BCUT2D eigenvalue weighted by Gasteiger charge is -2.17. The summed E-state index contributed by atoms with van der Waals surface area (Å²) in [7, 11) is 0. The molecule has 0 bridgehead atoms. The van der Waals surface area contributed by atoms with E-state index in [9.17, 15) is 9.59 Å². The van der Waals surface area contributed by atoms with Crippen LogP contribution in [0.15, 0.2) is 54.6 Å². The highest BCUT2D eigenvalue weighted by molar-refractivity contribution is 5.85. The summed E-state index contributed by atoms with van der Waals surface area (Å²) in [5.74, 6) is 0.738. The SMILES string of the molecule is Cl.Nc1ccc(CC(=O)NC2CC(=O)N(CCOc3ccccc3)C2)cc1. The monoisotopic (exact) mass is 389 g/mol. The van der Waals surface area contributed by atoms with Gasteiger partial charge in [-0.1, -0.05) is 30.3 Å². The number of carbonyl (C=O) groups is 2. The molecule has 3 N–H and O–H groups in total. The van der Waals surface area contributed by atoms with Crippen LogP contribution in [0.3, 0.4) is 0 Å². The lowest BCUT2D eigenvalue weighted by Crippen LogP contribution is -2.38. The van der Waals surface area contributed by atoms with E-state index in [0.29, 0.717) is 31.8 Å². The third-order valence-corrected chi connectivity index (χ3v) is 4.30. The van der Waals surface area contributed by atoms with Crippen molar-refractivity contribution in [1.82, 2.24) is 10.2 Å². The van der Waals surface area contributed by atoms with Gasteiger partial charge in [0.15, 0.2) is 0 Å². The summed E-state index contributed by atoms with van der Waals surface area (Å²) in [6, 6.07) is 16.6. The number of amides is 2. The van der Waals surface area contributed by atoms with Crippen LogP contribution in [0.1, 0.15) is 12.0 Å². The van der Waals surface area contributed by atoms with Gasteiger partial charge in [0.05, 0.1) is 19.0 Å². The van der Waals surface area contributed by atoms with Gasteiger partial charge in [0.25, 0.3) is 0 Å². The minimum absolute atomic E-state index is 0. The van der Waals surface area contributed by atoms with Crippen molar-refractivity contribution in [2.45, 2.75) is 18.9 Å². The average molecular weight is 390 g/mol. The first-order chi connectivity index (χ1) is 12.6. The lowest BCUT2D eigenvalue weighted by molar-refractivity contribution is -0.128. The van der Waals surface area contributed by atoms with E-state index in [0.717, 1.165) is 11.3 Å². The van der Waals surface area contributed by atoms with E-state index < -0.39 is 0 Å². The summed E-state index contributed by atoms with van der Waals surface area (Å²) in [6.07, 6.45) is 0.612. The normalized spacial score (nSPS) is 15.9. The summed E-state index contributed by atoms with van der Waals surface area (Å²) in [5.41, 5.74) is 7.21. The van der Waals surface area contributed by atoms with Crippen molar-refractivity contribution in [2.24, 2.45) is 0 Å². The van der Waals surface area contributed by atoms with Crippen LogP contribution in [0, 0.1) is 0 Å². The average Bonchev–Trinajstić information content (AvgIpc) is 2.97. The summed E-state index contributed by atoms with van der Waals surface area (Å²) in [5, 5.41) is 2.94. The molecule has 3 rings (SSSR count). The first-order valence-electron chi connectivity index (χ1n) is 8.69. The number of nitrogens with two attached hydrogens (primary N) is 1. The van der Waals surface area contributed by atoms with Gasteiger partial charge < -0.3 is 20.7 Å². The summed E-state index contributed by atoms with van der Waals surface area (Å²) in [6.45, 7) is 1.46. The van der Waals surface area contributed by atoms with Crippen molar-refractivity contribution in [3.8, 4) is 5.75 Å². The Balaban J connectivity index is 0.00000261. The molecule has 1 aliphatic heterocycles. The van der Waals surface area contributed by atoms with E-state index in [-0.39, 0.29) is 36.7 Å². The Morgan fingerprint density at radius 3 is 2.56 bits per heavy atom. The molecular weight excluding hydrogens is 366 g/mol. The number of benzene rings is 2. The molecule has 2 aromatic carbocycles. The molecule has 0 radical (unpaired) electrons. The molecule has 2 amide bonds. The first-order valence-corrected chi connectivity index (χ1v) is 8.69. The van der Waals surface area contributed by atoms with E-state index >= 15 is 0 Å². The van der Waals surface area contributed by atoms with Crippen LogP contribution in [0.2, 0.25) is 0 Å². The number of nitrogens with one attached hydrogen (secondary N) is 1. The highest BCUT2D eigenvalue weighted by Crippen LogP contribution is 2.13. The molecule has 2 aromatic rings. The van der Waals surface area contributed by atoms with Crippen molar-refractivity contribution in [2.75, 3.05) is 25.4 Å². The number of rotatable bonds is 7. The summed E-state index contributed by atoms with van der Waals surface area (Å²) >= 11 is 0.